The zero-order valence-corrected chi connectivity index (χ0v) is 25.0. The van der Waals surface area contributed by atoms with Crippen LogP contribution in [0.3, 0.4) is 0 Å². The molecule has 3 aliphatic rings. The van der Waals surface area contributed by atoms with Gasteiger partial charge in [-0.1, -0.05) is 23.7 Å². The van der Waals surface area contributed by atoms with Crippen molar-refractivity contribution in [3.8, 4) is 0 Å². The number of aromatic nitrogens is 2. The SMILES string of the molecule is CN1CCC(F)(C(=O)N2CC[C@@H](Nc3ncc4c(c3F)[C@](C)(c3cccc(Cl)c3F)CN(c3ncccc3F)C4=O)C2)CC1. The standard InChI is InChI=1S/C31H31ClF4N6O2/c1-30(20-5-3-6-21(32)24(20)34)17-42(27-22(33)7-4-11-37-27)28(43)19-15-38-26(25(35)23(19)30)39-18-8-12-41(16-18)29(44)31(36)9-13-40(2)14-10-31/h3-7,11,15,18H,8-10,12-14,16-17H2,1-2H3,(H,38,39)/t18-,30+/m1/s1. The van der Waals surface area contributed by atoms with Crippen LogP contribution in [0.15, 0.2) is 42.7 Å². The molecule has 0 bridgehead atoms. The molecule has 1 N–H and O–H groups in total. The van der Waals surface area contributed by atoms with Gasteiger partial charge in [-0.15, -0.1) is 0 Å². The van der Waals surface area contributed by atoms with Crippen LogP contribution in [0.1, 0.15) is 47.7 Å². The number of fused-ring (bicyclic) bond motifs is 1. The molecule has 3 aromatic rings. The highest BCUT2D eigenvalue weighted by molar-refractivity contribution is 6.30. The molecule has 0 unspecified atom stereocenters. The maximum absolute atomic E-state index is 16.6. The number of rotatable bonds is 5. The number of halogens is 5. The first-order valence-electron chi connectivity index (χ1n) is 14.4. The molecule has 2 aromatic heterocycles. The summed E-state index contributed by atoms with van der Waals surface area (Å²) in [6, 6.07) is 6.37. The molecule has 2 fully saturated rings. The Morgan fingerprint density at radius 1 is 1.07 bits per heavy atom. The Hall–Kier alpha value is -3.77. The summed E-state index contributed by atoms with van der Waals surface area (Å²) in [4.78, 5) is 39.4. The van der Waals surface area contributed by atoms with E-state index in [1.165, 1.54) is 41.6 Å². The molecule has 232 valence electrons. The lowest BCUT2D eigenvalue weighted by molar-refractivity contribution is -0.146. The van der Waals surface area contributed by atoms with Gasteiger partial charge < -0.3 is 15.1 Å². The number of nitrogens with zero attached hydrogens (tertiary/aromatic N) is 5. The molecular weight excluding hydrogens is 600 g/mol. The van der Waals surface area contributed by atoms with E-state index >= 15 is 13.2 Å². The summed E-state index contributed by atoms with van der Waals surface area (Å²) in [5.41, 5.74) is -3.79. The summed E-state index contributed by atoms with van der Waals surface area (Å²) in [6.07, 6.45) is 3.14. The highest BCUT2D eigenvalue weighted by Gasteiger charge is 2.48. The number of pyridine rings is 2. The van der Waals surface area contributed by atoms with Crippen molar-refractivity contribution in [3.05, 3.63) is 81.9 Å². The van der Waals surface area contributed by atoms with Gasteiger partial charge in [0.25, 0.3) is 11.8 Å². The zero-order chi connectivity index (χ0) is 31.4. The first-order valence-corrected chi connectivity index (χ1v) is 14.8. The predicted octanol–water partition coefficient (Wildman–Crippen LogP) is 4.96. The van der Waals surface area contributed by atoms with E-state index in [2.05, 4.69) is 15.3 Å². The highest BCUT2D eigenvalue weighted by Crippen LogP contribution is 2.45. The quantitative estimate of drug-likeness (QED) is 0.402. The van der Waals surface area contributed by atoms with Crippen molar-refractivity contribution in [2.45, 2.75) is 43.3 Å². The van der Waals surface area contributed by atoms with Crippen molar-refractivity contribution >= 4 is 35.1 Å². The van der Waals surface area contributed by atoms with E-state index in [1.807, 2.05) is 11.9 Å². The summed E-state index contributed by atoms with van der Waals surface area (Å²) >= 11 is 6.12. The summed E-state index contributed by atoms with van der Waals surface area (Å²) < 4.78 is 62.5. The van der Waals surface area contributed by atoms with Crippen LogP contribution in [0.2, 0.25) is 5.02 Å². The average molecular weight is 631 g/mol. The molecule has 2 atom stereocenters. The number of carbonyl (C=O) groups excluding carboxylic acids is 2. The van der Waals surface area contributed by atoms with Crippen molar-refractivity contribution < 1.29 is 27.2 Å². The summed E-state index contributed by atoms with van der Waals surface area (Å²) in [7, 11) is 1.88. The molecule has 3 aliphatic heterocycles. The molecule has 8 nitrogen and oxygen atoms in total. The third-order valence-electron chi connectivity index (χ3n) is 9.04. The molecule has 13 heteroatoms. The smallest absolute Gasteiger partial charge is 0.261 e. The molecule has 2 saturated heterocycles. The molecule has 1 aromatic carbocycles. The lowest BCUT2D eigenvalue weighted by Gasteiger charge is -2.42. The molecular formula is C31H31ClF4N6O2. The van der Waals surface area contributed by atoms with Gasteiger partial charge in [0.15, 0.2) is 28.9 Å². The van der Waals surface area contributed by atoms with E-state index in [-0.39, 0.29) is 59.3 Å². The molecule has 5 heterocycles. The largest absolute Gasteiger partial charge is 0.363 e. The van der Waals surface area contributed by atoms with Crippen molar-refractivity contribution in [1.82, 2.24) is 19.8 Å². The second kappa shape index (κ2) is 11.3. The van der Waals surface area contributed by atoms with Gasteiger partial charge in [-0.3, -0.25) is 14.5 Å². The predicted molar refractivity (Wildman–Crippen MR) is 157 cm³/mol. The normalized spacial score (nSPS) is 23.5. The fourth-order valence-corrected chi connectivity index (χ4v) is 6.70. The van der Waals surface area contributed by atoms with E-state index in [4.69, 9.17) is 11.6 Å². The van der Waals surface area contributed by atoms with Crippen molar-refractivity contribution in [2.75, 3.05) is 50.0 Å². The number of alkyl halides is 1. The van der Waals surface area contributed by atoms with Gasteiger partial charge in [-0.05, 0) is 38.6 Å². The molecule has 2 amide bonds. The van der Waals surface area contributed by atoms with E-state index in [9.17, 15) is 14.0 Å². The van der Waals surface area contributed by atoms with E-state index in [0.717, 1.165) is 11.0 Å². The number of carbonyl (C=O) groups is 2. The van der Waals surface area contributed by atoms with Gasteiger partial charge in [0, 0.05) is 80.5 Å². The number of anilines is 2. The number of likely N-dealkylation sites (tertiary alicyclic amines) is 2. The van der Waals surface area contributed by atoms with Gasteiger partial charge in [0.1, 0.15) is 5.82 Å². The van der Waals surface area contributed by atoms with Crippen LogP contribution in [0.25, 0.3) is 0 Å². The van der Waals surface area contributed by atoms with Crippen LogP contribution in [0.4, 0.5) is 29.2 Å². The maximum atomic E-state index is 16.6. The molecule has 0 radical (unpaired) electrons. The lowest BCUT2D eigenvalue weighted by atomic mass is 9.71. The lowest BCUT2D eigenvalue weighted by Crippen LogP contribution is -2.51. The number of benzene rings is 1. The summed E-state index contributed by atoms with van der Waals surface area (Å²) in [5, 5.41) is 2.82. The molecule has 0 spiro atoms. The second-order valence-electron chi connectivity index (χ2n) is 12.0. The number of hydrogen-bond acceptors (Lipinski definition) is 6. The van der Waals surface area contributed by atoms with E-state index in [0.29, 0.717) is 26.1 Å². The summed E-state index contributed by atoms with van der Waals surface area (Å²) in [6.45, 7) is 2.60. The Bertz CT molecular complexity index is 1630. The number of nitrogens with one attached hydrogen (secondary N) is 1. The number of amides is 2. The fraction of sp³-hybridized carbons (Fsp3) is 0.419. The third-order valence-corrected chi connectivity index (χ3v) is 9.33. The van der Waals surface area contributed by atoms with Gasteiger partial charge in [-0.25, -0.2) is 27.5 Å². The van der Waals surface area contributed by atoms with Gasteiger partial charge in [0.05, 0.1) is 10.6 Å². The third kappa shape index (κ3) is 5.07. The molecule has 44 heavy (non-hydrogen) atoms. The Morgan fingerprint density at radius 2 is 1.82 bits per heavy atom. The zero-order valence-electron chi connectivity index (χ0n) is 24.2. The van der Waals surface area contributed by atoms with Gasteiger partial charge in [0.2, 0.25) is 0 Å². The van der Waals surface area contributed by atoms with Crippen LogP contribution >= 0.6 is 11.6 Å². The first-order chi connectivity index (χ1) is 20.9. The molecule has 0 saturated carbocycles. The Morgan fingerprint density at radius 3 is 2.55 bits per heavy atom. The minimum atomic E-state index is -1.93. The second-order valence-corrected chi connectivity index (χ2v) is 12.4. The van der Waals surface area contributed by atoms with Crippen LogP contribution in [0, 0.1) is 17.5 Å². The summed E-state index contributed by atoms with van der Waals surface area (Å²) in [5.74, 6) is -4.27. The van der Waals surface area contributed by atoms with Crippen molar-refractivity contribution in [1.29, 1.82) is 0 Å². The Kier molecular flexibility index (Phi) is 7.77. The average Bonchev–Trinajstić information content (AvgIpc) is 3.47. The minimum Gasteiger partial charge on any atom is -0.363 e. The molecule has 0 aliphatic carbocycles. The highest BCUT2D eigenvalue weighted by atomic mass is 35.5. The van der Waals surface area contributed by atoms with Crippen LogP contribution in [0.5, 0.6) is 0 Å². The minimum absolute atomic E-state index is 0.000137. The van der Waals surface area contributed by atoms with Crippen LogP contribution < -0.4 is 10.2 Å². The topological polar surface area (TPSA) is 81.7 Å². The maximum Gasteiger partial charge on any atom is 0.261 e. The van der Waals surface area contributed by atoms with E-state index in [1.54, 1.807) is 6.92 Å². The Labute approximate surface area is 257 Å². The van der Waals surface area contributed by atoms with Crippen molar-refractivity contribution in [3.63, 3.8) is 0 Å². The fourth-order valence-electron chi connectivity index (χ4n) is 6.52. The first kappa shape index (κ1) is 30.3. The van der Waals surface area contributed by atoms with Gasteiger partial charge >= 0.3 is 0 Å². The van der Waals surface area contributed by atoms with Crippen LogP contribution in [-0.2, 0) is 10.2 Å². The Balaban J connectivity index is 1.34. The number of hydrogen-bond donors (Lipinski definition) is 1. The van der Waals surface area contributed by atoms with Crippen molar-refractivity contribution in [2.24, 2.45) is 0 Å². The number of piperidine rings is 1. The van der Waals surface area contributed by atoms with Crippen LogP contribution in [-0.4, -0.2) is 83.1 Å². The molecule has 6 rings (SSSR count). The van der Waals surface area contributed by atoms with E-state index < -0.39 is 46.4 Å². The van der Waals surface area contributed by atoms with Gasteiger partial charge in [-0.2, -0.15) is 0 Å². The monoisotopic (exact) mass is 630 g/mol.